The Kier molecular flexibility index (Phi) is 6.94. The summed E-state index contributed by atoms with van der Waals surface area (Å²) in [5.41, 5.74) is 1.83. The number of carbonyl (C=O) groups is 4. The largest absolute Gasteiger partial charge is 0.491 e. The molecule has 0 radical (unpaired) electrons. The number of amides is 2. The summed E-state index contributed by atoms with van der Waals surface area (Å²) in [6.45, 7) is 0.593. The highest BCUT2D eigenvalue weighted by Crippen LogP contribution is 2.29. The van der Waals surface area contributed by atoms with Gasteiger partial charge in [-0.25, -0.2) is 4.79 Å². The van der Waals surface area contributed by atoms with Crippen molar-refractivity contribution < 1.29 is 37.1 Å². The van der Waals surface area contributed by atoms with Crippen molar-refractivity contribution in [2.75, 3.05) is 25.0 Å². The standard InChI is InChI=1S/C20H22F3N3O5/c21-20(22,23)19(30)31-17(28)11-26-9-7-13(8-10-26)12-1-3-14(4-2-12)24-15-5-6-16(27)25-18(15)29/h1-4,13,15,24H,5-11H2,(H,25,27,29). The van der Waals surface area contributed by atoms with Crippen molar-refractivity contribution in [2.24, 2.45) is 0 Å². The molecule has 2 fully saturated rings. The number of hydrogen-bond donors (Lipinski definition) is 2. The summed E-state index contributed by atoms with van der Waals surface area (Å²) in [5, 5.41) is 5.40. The van der Waals surface area contributed by atoms with Gasteiger partial charge in [-0.15, -0.1) is 0 Å². The highest BCUT2D eigenvalue weighted by Gasteiger charge is 2.42. The van der Waals surface area contributed by atoms with Crippen LogP contribution >= 0.6 is 0 Å². The molecule has 1 unspecified atom stereocenters. The number of likely N-dealkylation sites (tertiary alicyclic amines) is 1. The highest BCUT2D eigenvalue weighted by molar-refractivity contribution is 6.01. The van der Waals surface area contributed by atoms with Crippen molar-refractivity contribution in [1.82, 2.24) is 10.2 Å². The lowest BCUT2D eigenvalue weighted by atomic mass is 9.89. The van der Waals surface area contributed by atoms with E-state index in [-0.39, 0.29) is 30.7 Å². The predicted octanol–water partition coefficient (Wildman–Crippen LogP) is 1.72. The number of anilines is 1. The average Bonchev–Trinajstić information content (AvgIpc) is 2.70. The lowest BCUT2D eigenvalue weighted by Gasteiger charge is -2.31. The number of piperidine rings is 2. The normalized spacial score (nSPS) is 20.8. The Morgan fingerprint density at radius 3 is 2.32 bits per heavy atom. The zero-order valence-electron chi connectivity index (χ0n) is 16.5. The molecule has 1 aromatic carbocycles. The van der Waals surface area contributed by atoms with Crippen LogP contribution in [0.15, 0.2) is 24.3 Å². The number of esters is 2. The van der Waals surface area contributed by atoms with Gasteiger partial charge in [-0.05, 0) is 56.0 Å². The summed E-state index contributed by atoms with van der Waals surface area (Å²) in [6.07, 6.45) is -3.08. The van der Waals surface area contributed by atoms with E-state index in [1.54, 1.807) is 4.90 Å². The third kappa shape index (κ3) is 6.27. The predicted molar refractivity (Wildman–Crippen MR) is 102 cm³/mol. The number of imide groups is 1. The molecule has 2 N–H and O–H groups in total. The molecule has 1 atom stereocenters. The van der Waals surface area contributed by atoms with Gasteiger partial charge in [0.15, 0.2) is 0 Å². The van der Waals surface area contributed by atoms with E-state index in [2.05, 4.69) is 15.4 Å². The summed E-state index contributed by atoms with van der Waals surface area (Å²) in [4.78, 5) is 46.9. The number of hydrogen-bond acceptors (Lipinski definition) is 7. The van der Waals surface area contributed by atoms with Gasteiger partial charge >= 0.3 is 18.1 Å². The van der Waals surface area contributed by atoms with Gasteiger partial charge in [0.1, 0.15) is 6.04 Å². The van der Waals surface area contributed by atoms with E-state index in [4.69, 9.17) is 0 Å². The van der Waals surface area contributed by atoms with Gasteiger partial charge in [0.05, 0.1) is 6.54 Å². The number of benzene rings is 1. The quantitative estimate of drug-likeness (QED) is 0.407. The van der Waals surface area contributed by atoms with E-state index in [1.807, 2.05) is 24.3 Å². The molecule has 2 heterocycles. The van der Waals surface area contributed by atoms with E-state index in [9.17, 15) is 32.3 Å². The molecule has 0 bridgehead atoms. The molecule has 0 saturated carbocycles. The van der Waals surface area contributed by atoms with Crippen molar-refractivity contribution >= 4 is 29.4 Å². The minimum Gasteiger partial charge on any atom is -0.385 e. The fourth-order valence-electron chi connectivity index (χ4n) is 3.68. The maximum absolute atomic E-state index is 12.1. The lowest BCUT2D eigenvalue weighted by Crippen LogP contribution is -2.47. The van der Waals surface area contributed by atoms with E-state index < -0.39 is 24.2 Å². The summed E-state index contributed by atoms with van der Waals surface area (Å²) < 4.78 is 40.2. The summed E-state index contributed by atoms with van der Waals surface area (Å²) in [5.74, 6) is -4.12. The van der Waals surface area contributed by atoms with Crippen molar-refractivity contribution in [1.29, 1.82) is 0 Å². The van der Waals surface area contributed by atoms with E-state index in [0.717, 1.165) is 11.3 Å². The Morgan fingerprint density at radius 2 is 1.74 bits per heavy atom. The Balaban J connectivity index is 1.45. The maximum Gasteiger partial charge on any atom is 0.491 e. The zero-order chi connectivity index (χ0) is 22.6. The van der Waals surface area contributed by atoms with Crippen LogP contribution in [-0.4, -0.2) is 60.5 Å². The molecule has 3 rings (SSSR count). The number of rotatable bonds is 5. The van der Waals surface area contributed by atoms with Gasteiger partial charge in [0.2, 0.25) is 11.8 Å². The summed E-state index contributed by atoms with van der Waals surface area (Å²) >= 11 is 0. The number of halogens is 3. The molecule has 2 aliphatic rings. The fraction of sp³-hybridized carbons (Fsp3) is 0.500. The molecule has 0 spiro atoms. The lowest BCUT2D eigenvalue weighted by molar-refractivity contribution is -0.202. The SMILES string of the molecule is O=C1CCC(Nc2ccc(C3CCN(CC(=O)OC(=O)C(F)(F)F)CC3)cc2)C(=O)N1. The van der Waals surface area contributed by atoms with Gasteiger partial charge in [0.25, 0.3) is 0 Å². The molecule has 1 aromatic rings. The molecular weight excluding hydrogens is 419 g/mol. The van der Waals surface area contributed by atoms with Gasteiger partial charge in [-0.3, -0.25) is 24.6 Å². The van der Waals surface area contributed by atoms with Crippen molar-refractivity contribution in [3.63, 3.8) is 0 Å². The van der Waals surface area contributed by atoms with E-state index in [1.165, 1.54) is 0 Å². The second-order valence-electron chi connectivity index (χ2n) is 7.58. The van der Waals surface area contributed by atoms with E-state index >= 15 is 0 Å². The number of alkyl halides is 3. The first-order chi connectivity index (χ1) is 14.6. The van der Waals surface area contributed by atoms with Crippen molar-refractivity contribution in [2.45, 2.75) is 43.8 Å². The van der Waals surface area contributed by atoms with Gasteiger partial charge in [0, 0.05) is 12.1 Å². The molecule has 2 saturated heterocycles. The average molecular weight is 441 g/mol. The van der Waals surface area contributed by atoms with Crippen molar-refractivity contribution in [3.05, 3.63) is 29.8 Å². The Hall–Kier alpha value is -2.95. The number of ether oxygens (including phenoxy) is 1. The second-order valence-corrected chi connectivity index (χ2v) is 7.58. The van der Waals surface area contributed by atoms with Crippen LogP contribution in [0.2, 0.25) is 0 Å². The fourth-order valence-corrected chi connectivity index (χ4v) is 3.68. The Labute approximate surface area is 176 Å². The molecule has 2 amide bonds. The van der Waals surface area contributed by atoms with Crippen LogP contribution in [-0.2, 0) is 23.9 Å². The van der Waals surface area contributed by atoms with Crippen LogP contribution in [0.25, 0.3) is 0 Å². The Bertz CT molecular complexity index is 849. The molecule has 31 heavy (non-hydrogen) atoms. The topological polar surface area (TPSA) is 105 Å². The number of nitrogens with one attached hydrogen (secondary N) is 2. The monoisotopic (exact) mass is 441 g/mol. The highest BCUT2D eigenvalue weighted by atomic mass is 19.4. The first kappa shape index (κ1) is 22.7. The molecule has 168 valence electrons. The van der Waals surface area contributed by atoms with Crippen LogP contribution in [0.1, 0.15) is 37.2 Å². The minimum absolute atomic E-state index is 0.216. The van der Waals surface area contributed by atoms with Crippen LogP contribution in [0.3, 0.4) is 0 Å². The third-order valence-corrected chi connectivity index (χ3v) is 5.34. The number of nitrogens with zero attached hydrogens (tertiary/aromatic N) is 1. The van der Waals surface area contributed by atoms with Crippen molar-refractivity contribution in [3.8, 4) is 0 Å². The van der Waals surface area contributed by atoms with Crippen LogP contribution < -0.4 is 10.6 Å². The van der Waals surface area contributed by atoms with Crippen LogP contribution in [0, 0.1) is 0 Å². The summed E-state index contributed by atoms with van der Waals surface area (Å²) in [7, 11) is 0. The number of carbonyl (C=O) groups excluding carboxylic acids is 4. The van der Waals surface area contributed by atoms with Gasteiger partial charge in [-0.2, -0.15) is 13.2 Å². The molecule has 2 aliphatic heterocycles. The van der Waals surface area contributed by atoms with Gasteiger partial charge < -0.3 is 10.1 Å². The molecule has 0 aromatic heterocycles. The smallest absolute Gasteiger partial charge is 0.385 e. The molecule has 8 nitrogen and oxygen atoms in total. The first-order valence-corrected chi connectivity index (χ1v) is 9.86. The van der Waals surface area contributed by atoms with E-state index in [0.29, 0.717) is 32.4 Å². The zero-order valence-corrected chi connectivity index (χ0v) is 16.5. The minimum atomic E-state index is -5.19. The Morgan fingerprint density at radius 1 is 1.10 bits per heavy atom. The third-order valence-electron chi connectivity index (χ3n) is 5.34. The summed E-state index contributed by atoms with van der Waals surface area (Å²) in [6, 6.07) is 7.11. The second kappa shape index (κ2) is 9.46. The van der Waals surface area contributed by atoms with Crippen LogP contribution in [0.4, 0.5) is 18.9 Å². The molecule has 0 aliphatic carbocycles. The maximum atomic E-state index is 12.1. The van der Waals surface area contributed by atoms with Crippen LogP contribution in [0.5, 0.6) is 0 Å². The van der Waals surface area contributed by atoms with Gasteiger partial charge in [-0.1, -0.05) is 12.1 Å². The first-order valence-electron chi connectivity index (χ1n) is 9.86. The molecule has 11 heteroatoms. The molecular formula is C20H22F3N3O5.